The summed E-state index contributed by atoms with van der Waals surface area (Å²) in [6, 6.07) is 13.7. The van der Waals surface area contributed by atoms with Gasteiger partial charge in [0.1, 0.15) is 0 Å². The van der Waals surface area contributed by atoms with Crippen molar-refractivity contribution in [2.45, 2.75) is 31.6 Å². The minimum absolute atomic E-state index is 0.282. The fourth-order valence-electron chi connectivity index (χ4n) is 3.48. The number of hydrogen-bond donors (Lipinski definition) is 0. The second-order valence-electron chi connectivity index (χ2n) is 6.32. The molecule has 120 valence electrons. The predicted molar refractivity (Wildman–Crippen MR) is 93.3 cm³/mol. The van der Waals surface area contributed by atoms with Crippen LogP contribution in [0.2, 0.25) is 0 Å². The lowest BCUT2D eigenvalue weighted by Crippen LogP contribution is -2.11. The van der Waals surface area contributed by atoms with Crippen LogP contribution in [0.4, 0.5) is 4.39 Å². The minimum atomic E-state index is -0.322. The zero-order valence-corrected chi connectivity index (χ0v) is 13.6. The Morgan fingerprint density at radius 1 is 1.00 bits per heavy atom. The summed E-state index contributed by atoms with van der Waals surface area (Å²) >= 11 is 0. The van der Waals surface area contributed by atoms with E-state index < -0.39 is 0 Å². The van der Waals surface area contributed by atoms with Gasteiger partial charge in [-0.3, -0.25) is 0 Å². The highest BCUT2D eigenvalue weighted by atomic mass is 19.1. The van der Waals surface area contributed by atoms with E-state index in [1.807, 2.05) is 6.07 Å². The van der Waals surface area contributed by atoms with Crippen molar-refractivity contribution < 1.29 is 9.13 Å². The quantitative estimate of drug-likeness (QED) is 0.633. The van der Waals surface area contributed by atoms with Crippen LogP contribution in [0, 0.1) is 11.7 Å². The number of halogens is 1. The molecule has 3 rings (SSSR count). The van der Waals surface area contributed by atoms with Crippen LogP contribution in [-0.4, -0.2) is 7.11 Å². The molecule has 0 atom stereocenters. The average Bonchev–Trinajstić information content (AvgIpc) is 2.62. The minimum Gasteiger partial charge on any atom is -0.494 e. The van der Waals surface area contributed by atoms with Gasteiger partial charge < -0.3 is 4.74 Å². The molecule has 2 heteroatoms. The third kappa shape index (κ3) is 3.47. The van der Waals surface area contributed by atoms with Gasteiger partial charge in [-0.1, -0.05) is 36.4 Å². The van der Waals surface area contributed by atoms with Crippen LogP contribution < -0.4 is 4.74 Å². The fourth-order valence-corrected chi connectivity index (χ4v) is 3.48. The van der Waals surface area contributed by atoms with Crippen LogP contribution in [0.3, 0.4) is 0 Å². The third-order valence-corrected chi connectivity index (χ3v) is 4.97. The first-order chi connectivity index (χ1) is 11.2. The largest absolute Gasteiger partial charge is 0.494 e. The van der Waals surface area contributed by atoms with E-state index in [9.17, 15) is 4.39 Å². The molecular formula is C21H23FO. The van der Waals surface area contributed by atoms with Gasteiger partial charge in [0, 0.05) is 0 Å². The van der Waals surface area contributed by atoms with Crippen LogP contribution >= 0.6 is 0 Å². The summed E-state index contributed by atoms with van der Waals surface area (Å²) in [7, 11) is 1.48. The van der Waals surface area contributed by atoms with Crippen molar-refractivity contribution >= 4 is 0 Å². The van der Waals surface area contributed by atoms with Crippen molar-refractivity contribution in [1.82, 2.24) is 0 Å². The van der Waals surface area contributed by atoms with Crippen LogP contribution in [0.15, 0.2) is 55.1 Å². The van der Waals surface area contributed by atoms with E-state index in [0.29, 0.717) is 11.8 Å². The fraction of sp³-hybridized carbons (Fsp3) is 0.333. The van der Waals surface area contributed by atoms with E-state index in [2.05, 4.69) is 36.9 Å². The molecule has 1 aliphatic rings. The zero-order chi connectivity index (χ0) is 16.2. The molecule has 1 fully saturated rings. The van der Waals surface area contributed by atoms with Crippen LogP contribution in [-0.2, 0) is 0 Å². The second-order valence-corrected chi connectivity index (χ2v) is 6.32. The molecule has 1 nitrogen and oxygen atoms in total. The van der Waals surface area contributed by atoms with Crippen molar-refractivity contribution in [3.63, 3.8) is 0 Å². The molecular weight excluding hydrogens is 287 g/mol. The van der Waals surface area contributed by atoms with Gasteiger partial charge in [0.2, 0.25) is 0 Å². The third-order valence-electron chi connectivity index (χ3n) is 4.97. The first kappa shape index (κ1) is 15.8. The normalized spacial score (nSPS) is 21.0. The number of rotatable bonds is 4. The first-order valence-electron chi connectivity index (χ1n) is 8.27. The Kier molecular flexibility index (Phi) is 4.80. The maximum atomic E-state index is 13.8. The standard InChI is InChI=1S/C21H23FO/c1-3-15-4-6-16(7-5-15)17-8-10-18(11-9-17)19-12-13-21(23-2)20(22)14-19/h3,8-16H,1,4-7H2,2H3. The van der Waals surface area contributed by atoms with E-state index in [1.165, 1.54) is 44.4 Å². The first-order valence-corrected chi connectivity index (χ1v) is 8.27. The number of methoxy groups -OCH3 is 1. The van der Waals surface area contributed by atoms with E-state index in [-0.39, 0.29) is 11.6 Å². The van der Waals surface area contributed by atoms with Gasteiger partial charge >= 0.3 is 0 Å². The number of hydrogen-bond acceptors (Lipinski definition) is 1. The summed E-state index contributed by atoms with van der Waals surface area (Å²) < 4.78 is 18.8. The van der Waals surface area contributed by atoms with Gasteiger partial charge in [-0.2, -0.15) is 0 Å². The Bertz CT molecular complexity index is 667. The average molecular weight is 310 g/mol. The van der Waals surface area contributed by atoms with Gasteiger partial charge in [0.15, 0.2) is 11.6 Å². The Balaban J connectivity index is 1.74. The summed E-state index contributed by atoms with van der Waals surface area (Å²) in [5.74, 6) is 1.29. The lowest BCUT2D eigenvalue weighted by molar-refractivity contribution is 0.376. The summed E-state index contributed by atoms with van der Waals surface area (Å²) in [5.41, 5.74) is 3.31. The summed E-state index contributed by atoms with van der Waals surface area (Å²) in [6.45, 7) is 3.91. The molecule has 23 heavy (non-hydrogen) atoms. The van der Waals surface area contributed by atoms with Gasteiger partial charge in [-0.15, -0.1) is 6.58 Å². The SMILES string of the molecule is C=CC1CCC(c2ccc(-c3ccc(OC)c(F)c3)cc2)CC1. The van der Waals surface area contributed by atoms with E-state index in [0.717, 1.165) is 11.1 Å². The zero-order valence-electron chi connectivity index (χ0n) is 13.6. The molecule has 2 aromatic rings. The molecule has 1 saturated carbocycles. The molecule has 0 amide bonds. The monoisotopic (exact) mass is 310 g/mol. The molecule has 0 saturated heterocycles. The molecule has 0 heterocycles. The molecule has 0 aromatic heterocycles. The van der Waals surface area contributed by atoms with Gasteiger partial charge in [-0.25, -0.2) is 4.39 Å². The maximum Gasteiger partial charge on any atom is 0.165 e. The van der Waals surface area contributed by atoms with Crippen molar-refractivity contribution in [1.29, 1.82) is 0 Å². The smallest absolute Gasteiger partial charge is 0.165 e. The Morgan fingerprint density at radius 2 is 1.65 bits per heavy atom. The van der Waals surface area contributed by atoms with E-state index >= 15 is 0 Å². The Hall–Kier alpha value is -2.09. The Morgan fingerprint density at radius 3 is 2.22 bits per heavy atom. The van der Waals surface area contributed by atoms with Crippen molar-refractivity contribution in [2.75, 3.05) is 7.11 Å². The molecule has 0 N–H and O–H groups in total. The summed E-state index contributed by atoms with van der Waals surface area (Å²) in [6.07, 6.45) is 7.02. The lowest BCUT2D eigenvalue weighted by Gasteiger charge is -2.27. The molecule has 0 spiro atoms. The van der Waals surface area contributed by atoms with Crippen LogP contribution in [0.1, 0.15) is 37.2 Å². The number of benzene rings is 2. The maximum absolute atomic E-state index is 13.8. The molecule has 1 aliphatic carbocycles. The summed E-state index contributed by atoms with van der Waals surface area (Å²) in [5, 5.41) is 0. The van der Waals surface area contributed by atoms with Crippen molar-refractivity contribution in [3.8, 4) is 16.9 Å². The van der Waals surface area contributed by atoms with E-state index in [1.54, 1.807) is 6.07 Å². The molecule has 2 aromatic carbocycles. The highest BCUT2D eigenvalue weighted by molar-refractivity contribution is 5.64. The van der Waals surface area contributed by atoms with Gasteiger partial charge in [0.05, 0.1) is 7.11 Å². The van der Waals surface area contributed by atoms with Crippen LogP contribution in [0.25, 0.3) is 11.1 Å². The predicted octanol–water partition coefficient (Wildman–Crippen LogP) is 5.96. The highest BCUT2D eigenvalue weighted by Crippen LogP contribution is 2.37. The molecule has 0 bridgehead atoms. The molecule has 0 radical (unpaired) electrons. The number of allylic oxidation sites excluding steroid dienone is 1. The number of ether oxygens (including phenoxy) is 1. The summed E-state index contributed by atoms with van der Waals surface area (Å²) in [4.78, 5) is 0. The van der Waals surface area contributed by atoms with Gasteiger partial charge in [-0.05, 0) is 66.3 Å². The van der Waals surface area contributed by atoms with E-state index in [4.69, 9.17) is 4.74 Å². The second kappa shape index (κ2) is 6.99. The molecule has 0 unspecified atom stereocenters. The van der Waals surface area contributed by atoms with Crippen LogP contribution in [0.5, 0.6) is 5.75 Å². The molecule has 0 aliphatic heterocycles. The lowest BCUT2D eigenvalue weighted by atomic mass is 9.78. The van der Waals surface area contributed by atoms with Gasteiger partial charge in [0.25, 0.3) is 0 Å². The van der Waals surface area contributed by atoms with Crippen molar-refractivity contribution in [3.05, 3.63) is 66.5 Å². The topological polar surface area (TPSA) is 9.23 Å². The van der Waals surface area contributed by atoms with Crippen molar-refractivity contribution in [2.24, 2.45) is 5.92 Å². The Labute approximate surface area is 137 Å². The highest BCUT2D eigenvalue weighted by Gasteiger charge is 2.20.